The van der Waals surface area contributed by atoms with Gasteiger partial charge in [0, 0.05) is 24.2 Å². The molecule has 1 fully saturated rings. The van der Waals surface area contributed by atoms with Gasteiger partial charge in [-0.2, -0.15) is 0 Å². The third-order valence-electron chi connectivity index (χ3n) is 4.26. The first-order chi connectivity index (χ1) is 11.5. The number of thiazole rings is 1. The molecular formula is C17H20FN3O2S. The van der Waals surface area contributed by atoms with E-state index in [2.05, 4.69) is 10.3 Å². The molecule has 1 amide bonds. The molecule has 1 saturated heterocycles. The van der Waals surface area contributed by atoms with Crippen molar-refractivity contribution in [1.82, 2.24) is 4.98 Å². The second kappa shape index (κ2) is 7.38. The standard InChI is InChI=1S/C17H20FN3O2S/c1-10-8-12(2-3-13(10)18)14-9-24-17(20-14)21-16(22)15(19)11-4-6-23-7-5-11/h2-3,8-9,11,15H,4-7,19H2,1H3,(H,20,21,22). The lowest BCUT2D eigenvalue weighted by Crippen LogP contribution is -2.43. The molecule has 1 aromatic carbocycles. The van der Waals surface area contributed by atoms with Gasteiger partial charge in [-0.3, -0.25) is 4.79 Å². The summed E-state index contributed by atoms with van der Waals surface area (Å²) in [6.45, 7) is 3.01. The normalized spacial score (nSPS) is 16.8. The molecule has 3 rings (SSSR count). The molecule has 5 nitrogen and oxygen atoms in total. The Labute approximate surface area is 144 Å². The average molecular weight is 349 g/mol. The predicted octanol–water partition coefficient (Wildman–Crippen LogP) is 2.95. The van der Waals surface area contributed by atoms with Crippen molar-refractivity contribution >= 4 is 22.4 Å². The lowest BCUT2D eigenvalue weighted by Gasteiger charge is -2.26. The van der Waals surface area contributed by atoms with Crippen molar-refractivity contribution in [3.8, 4) is 11.3 Å². The summed E-state index contributed by atoms with van der Waals surface area (Å²) in [6, 6.07) is 4.28. The number of carbonyl (C=O) groups excluding carboxylic acids is 1. The quantitative estimate of drug-likeness (QED) is 0.890. The number of aryl methyl sites for hydroxylation is 1. The van der Waals surface area contributed by atoms with Crippen LogP contribution in [-0.4, -0.2) is 30.1 Å². The molecule has 1 aromatic heterocycles. The summed E-state index contributed by atoms with van der Waals surface area (Å²) < 4.78 is 18.7. The van der Waals surface area contributed by atoms with Crippen molar-refractivity contribution in [2.24, 2.45) is 11.7 Å². The minimum atomic E-state index is -0.561. The van der Waals surface area contributed by atoms with Gasteiger partial charge in [-0.25, -0.2) is 9.37 Å². The molecule has 24 heavy (non-hydrogen) atoms. The van der Waals surface area contributed by atoms with Crippen molar-refractivity contribution < 1.29 is 13.9 Å². The van der Waals surface area contributed by atoms with Crippen LogP contribution in [-0.2, 0) is 9.53 Å². The Kier molecular flexibility index (Phi) is 5.23. The number of nitrogens with two attached hydrogens (primary N) is 1. The molecule has 128 valence electrons. The SMILES string of the molecule is Cc1cc(-c2csc(NC(=O)C(N)C3CCOCC3)n2)ccc1F. The summed E-state index contributed by atoms with van der Waals surface area (Å²) in [4.78, 5) is 16.7. The van der Waals surface area contributed by atoms with Gasteiger partial charge in [0.1, 0.15) is 5.82 Å². The number of amides is 1. The molecule has 0 saturated carbocycles. The molecule has 2 aromatic rings. The maximum atomic E-state index is 13.4. The largest absolute Gasteiger partial charge is 0.381 e. The van der Waals surface area contributed by atoms with Gasteiger partial charge in [-0.1, -0.05) is 0 Å². The second-order valence-electron chi connectivity index (χ2n) is 5.97. The van der Waals surface area contributed by atoms with E-state index >= 15 is 0 Å². The van der Waals surface area contributed by atoms with Crippen LogP contribution in [0.25, 0.3) is 11.3 Å². The molecule has 0 radical (unpaired) electrons. The molecule has 1 aliphatic rings. The van der Waals surface area contributed by atoms with Gasteiger partial charge in [0.2, 0.25) is 5.91 Å². The summed E-state index contributed by atoms with van der Waals surface area (Å²) in [6.07, 6.45) is 1.60. The van der Waals surface area contributed by atoms with Crippen LogP contribution in [0.15, 0.2) is 23.6 Å². The fourth-order valence-electron chi connectivity index (χ4n) is 2.75. The topological polar surface area (TPSA) is 77.2 Å². The molecule has 2 heterocycles. The number of hydrogen-bond donors (Lipinski definition) is 2. The highest BCUT2D eigenvalue weighted by Crippen LogP contribution is 2.27. The van der Waals surface area contributed by atoms with E-state index in [1.54, 1.807) is 19.1 Å². The van der Waals surface area contributed by atoms with Crippen LogP contribution in [0.1, 0.15) is 18.4 Å². The minimum Gasteiger partial charge on any atom is -0.381 e. The van der Waals surface area contributed by atoms with Crippen molar-refractivity contribution in [3.63, 3.8) is 0 Å². The Morgan fingerprint density at radius 3 is 2.92 bits per heavy atom. The summed E-state index contributed by atoms with van der Waals surface area (Å²) in [7, 11) is 0. The fraction of sp³-hybridized carbons (Fsp3) is 0.412. The highest BCUT2D eigenvalue weighted by molar-refractivity contribution is 7.14. The predicted molar refractivity (Wildman–Crippen MR) is 92.4 cm³/mol. The third kappa shape index (κ3) is 3.80. The molecular weight excluding hydrogens is 329 g/mol. The van der Waals surface area contributed by atoms with Gasteiger partial charge in [-0.05, 0) is 49.4 Å². The first kappa shape index (κ1) is 17.0. The minimum absolute atomic E-state index is 0.137. The zero-order valence-electron chi connectivity index (χ0n) is 13.4. The van der Waals surface area contributed by atoms with Crippen LogP contribution in [0.2, 0.25) is 0 Å². The maximum Gasteiger partial charge on any atom is 0.243 e. The van der Waals surface area contributed by atoms with E-state index in [-0.39, 0.29) is 17.6 Å². The van der Waals surface area contributed by atoms with Crippen LogP contribution in [0, 0.1) is 18.7 Å². The number of rotatable bonds is 4. The smallest absolute Gasteiger partial charge is 0.243 e. The van der Waals surface area contributed by atoms with E-state index in [0.29, 0.717) is 29.6 Å². The number of benzene rings is 1. The van der Waals surface area contributed by atoms with Gasteiger partial charge in [-0.15, -0.1) is 11.3 Å². The first-order valence-corrected chi connectivity index (χ1v) is 8.79. The van der Waals surface area contributed by atoms with Crippen LogP contribution < -0.4 is 11.1 Å². The van der Waals surface area contributed by atoms with Gasteiger partial charge in [0.25, 0.3) is 0 Å². The Morgan fingerprint density at radius 1 is 1.46 bits per heavy atom. The number of aromatic nitrogens is 1. The van der Waals surface area contributed by atoms with Gasteiger partial charge in [0.15, 0.2) is 5.13 Å². The van der Waals surface area contributed by atoms with Crippen LogP contribution in [0.4, 0.5) is 9.52 Å². The van der Waals surface area contributed by atoms with E-state index in [1.807, 2.05) is 5.38 Å². The summed E-state index contributed by atoms with van der Waals surface area (Å²) in [5.74, 6) is -0.332. The van der Waals surface area contributed by atoms with E-state index in [0.717, 1.165) is 18.4 Å². The highest BCUT2D eigenvalue weighted by Gasteiger charge is 2.27. The van der Waals surface area contributed by atoms with Crippen molar-refractivity contribution in [1.29, 1.82) is 0 Å². The second-order valence-corrected chi connectivity index (χ2v) is 6.82. The van der Waals surface area contributed by atoms with Gasteiger partial charge in [0.05, 0.1) is 11.7 Å². The average Bonchev–Trinajstić information content (AvgIpc) is 3.06. The molecule has 1 aliphatic heterocycles. The maximum absolute atomic E-state index is 13.4. The number of nitrogens with zero attached hydrogens (tertiary/aromatic N) is 1. The Hall–Kier alpha value is -1.83. The number of nitrogens with one attached hydrogen (secondary N) is 1. The first-order valence-electron chi connectivity index (χ1n) is 7.91. The lowest BCUT2D eigenvalue weighted by molar-refractivity contribution is -0.119. The third-order valence-corrected chi connectivity index (χ3v) is 5.02. The van der Waals surface area contributed by atoms with Crippen LogP contribution in [0.5, 0.6) is 0 Å². The summed E-state index contributed by atoms with van der Waals surface area (Å²) in [5, 5.41) is 5.12. The van der Waals surface area contributed by atoms with E-state index in [9.17, 15) is 9.18 Å². The molecule has 0 aliphatic carbocycles. The van der Waals surface area contributed by atoms with E-state index in [4.69, 9.17) is 10.5 Å². The fourth-order valence-corrected chi connectivity index (χ4v) is 3.47. The van der Waals surface area contributed by atoms with Crippen molar-refractivity contribution in [2.75, 3.05) is 18.5 Å². The zero-order chi connectivity index (χ0) is 17.1. The van der Waals surface area contributed by atoms with Gasteiger partial charge >= 0.3 is 0 Å². The van der Waals surface area contributed by atoms with Crippen molar-refractivity contribution in [3.05, 3.63) is 35.0 Å². The number of anilines is 1. The molecule has 0 spiro atoms. The highest BCUT2D eigenvalue weighted by atomic mass is 32.1. The Balaban J connectivity index is 1.66. The lowest BCUT2D eigenvalue weighted by atomic mass is 9.92. The van der Waals surface area contributed by atoms with Gasteiger partial charge < -0.3 is 15.8 Å². The Bertz CT molecular complexity index is 728. The van der Waals surface area contributed by atoms with Crippen LogP contribution in [0.3, 0.4) is 0 Å². The molecule has 0 bridgehead atoms. The molecule has 1 atom stereocenters. The molecule has 1 unspecified atom stereocenters. The van der Waals surface area contributed by atoms with Crippen LogP contribution >= 0.6 is 11.3 Å². The number of halogens is 1. The number of carbonyl (C=O) groups is 1. The number of ether oxygens (including phenoxy) is 1. The van der Waals surface area contributed by atoms with E-state index in [1.165, 1.54) is 17.4 Å². The summed E-state index contributed by atoms with van der Waals surface area (Å²) in [5.41, 5.74) is 8.15. The van der Waals surface area contributed by atoms with E-state index < -0.39 is 6.04 Å². The summed E-state index contributed by atoms with van der Waals surface area (Å²) >= 11 is 1.33. The van der Waals surface area contributed by atoms with Crippen molar-refractivity contribution in [2.45, 2.75) is 25.8 Å². The Morgan fingerprint density at radius 2 is 2.21 bits per heavy atom. The molecule has 7 heteroatoms. The number of hydrogen-bond acceptors (Lipinski definition) is 5. The zero-order valence-corrected chi connectivity index (χ0v) is 14.2. The monoisotopic (exact) mass is 349 g/mol. The molecule has 3 N–H and O–H groups in total.